The topological polar surface area (TPSA) is 77.7 Å². The smallest absolute Gasteiger partial charge is 0.246 e. The molecule has 0 bridgehead atoms. The standard InChI is InChI=1S/C19H25N3O4/c1-12(2)7-17-20-18(26-21-17)10-22(3)19(23)14-8-13-5-6-15(24-4)9-16(13)25-11-14/h5-6,9,12,14H,7-8,10-11H2,1-4H3. The van der Waals surface area contributed by atoms with Gasteiger partial charge in [-0.15, -0.1) is 0 Å². The van der Waals surface area contributed by atoms with Gasteiger partial charge in [0.15, 0.2) is 5.82 Å². The van der Waals surface area contributed by atoms with Gasteiger partial charge in [-0.1, -0.05) is 25.1 Å². The molecule has 0 saturated carbocycles. The minimum absolute atomic E-state index is 0.00933. The SMILES string of the molecule is COc1ccc2c(c1)OCC(C(=O)N(C)Cc1nc(CC(C)C)no1)C2. The van der Waals surface area contributed by atoms with E-state index in [9.17, 15) is 4.79 Å². The van der Waals surface area contributed by atoms with E-state index in [2.05, 4.69) is 24.0 Å². The predicted octanol–water partition coefficient (Wildman–Crippen LogP) is 2.49. The average molecular weight is 359 g/mol. The third kappa shape index (κ3) is 4.15. The van der Waals surface area contributed by atoms with Crippen molar-refractivity contribution in [3.63, 3.8) is 0 Å². The lowest BCUT2D eigenvalue weighted by molar-refractivity contribution is -0.136. The number of amides is 1. The van der Waals surface area contributed by atoms with Gasteiger partial charge in [-0.2, -0.15) is 4.98 Å². The molecule has 1 aromatic carbocycles. The van der Waals surface area contributed by atoms with Crippen LogP contribution in [0.25, 0.3) is 0 Å². The fourth-order valence-corrected chi connectivity index (χ4v) is 3.03. The van der Waals surface area contributed by atoms with Crippen molar-refractivity contribution in [1.29, 1.82) is 0 Å². The molecule has 1 aliphatic heterocycles. The molecule has 1 aliphatic rings. The zero-order valence-electron chi connectivity index (χ0n) is 15.7. The molecule has 0 fully saturated rings. The monoisotopic (exact) mass is 359 g/mol. The Balaban J connectivity index is 1.61. The van der Waals surface area contributed by atoms with Crippen molar-refractivity contribution < 1.29 is 18.8 Å². The highest BCUT2D eigenvalue weighted by Gasteiger charge is 2.29. The summed E-state index contributed by atoms with van der Waals surface area (Å²) in [6.45, 7) is 4.85. The summed E-state index contributed by atoms with van der Waals surface area (Å²) in [5.74, 6) is 2.91. The van der Waals surface area contributed by atoms with Gasteiger partial charge in [-0.05, 0) is 24.0 Å². The van der Waals surface area contributed by atoms with E-state index >= 15 is 0 Å². The number of carbonyl (C=O) groups excluding carboxylic acids is 1. The second-order valence-electron chi connectivity index (χ2n) is 7.08. The fourth-order valence-electron chi connectivity index (χ4n) is 3.03. The lowest BCUT2D eigenvalue weighted by Gasteiger charge is -2.27. The highest BCUT2D eigenvalue weighted by molar-refractivity contribution is 5.79. The quantitative estimate of drug-likeness (QED) is 0.788. The zero-order chi connectivity index (χ0) is 18.7. The van der Waals surface area contributed by atoms with Gasteiger partial charge in [0.1, 0.15) is 18.1 Å². The molecule has 7 heteroatoms. The number of methoxy groups -OCH3 is 1. The maximum atomic E-state index is 12.8. The van der Waals surface area contributed by atoms with Crippen molar-refractivity contribution >= 4 is 5.91 Å². The molecule has 0 radical (unpaired) electrons. The van der Waals surface area contributed by atoms with E-state index in [1.54, 1.807) is 19.1 Å². The van der Waals surface area contributed by atoms with Crippen LogP contribution in [0.15, 0.2) is 22.7 Å². The first-order valence-corrected chi connectivity index (χ1v) is 8.82. The summed E-state index contributed by atoms with van der Waals surface area (Å²) in [4.78, 5) is 18.7. The molecule has 26 heavy (non-hydrogen) atoms. The van der Waals surface area contributed by atoms with Gasteiger partial charge in [0, 0.05) is 19.5 Å². The molecule has 0 N–H and O–H groups in total. The molecule has 140 valence electrons. The maximum Gasteiger partial charge on any atom is 0.246 e. The molecule has 1 atom stereocenters. The number of ether oxygens (including phenoxy) is 2. The summed E-state index contributed by atoms with van der Waals surface area (Å²) in [6, 6.07) is 5.69. The molecule has 2 heterocycles. The average Bonchev–Trinajstić information content (AvgIpc) is 3.06. The molecule has 0 saturated heterocycles. The van der Waals surface area contributed by atoms with Gasteiger partial charge in [0.2, 0.25) is 11.8 Å². The third-order valence-electron chi connectivity index (χ3n) is 4.38. The molecule has 1 amide bonds. The molecule has 0 aliphatic carbocycles. The van der Waals surface area contributed by atoms with E-state index in [4.69, 9.17) is 14.0 Å². The van der Waals surface area contributed by atoms with Gasteiger partial charge < -0.3 is 18.9 Å². The Labute approximate surface area is 153 Å². The number of carbonyl (C=O) groups is 1. The van der Waals surface area contributed by atoms with E-state index in [1.165, 1.54) is 0 Å². The number of hydrogen-bond acceptors (Lipinski definition) is 6. The van der Waals surface area contributed by atoms with Crippen LogP contribution in [0, 0.1) is 11.8 Å². The lowest BCUT2D eigenvalue weighted by atomic mass is 9.95. The number of rotatable bonds is 6. The first kappa shape index (κ1) is 18.2. The van der Waals surface area contributed by atoms with Gasteiger partial charge in [-0.3, -0.25) is 4.79 Å². The van der Waals surface area contributed by atoms with E-state index in [0.29, 0.717) is 37.2 Å². The third-order valence-corrected chi connectivity index (χ3v) is 4.38. The summed E-state index contributed by atoms with van der Waals surface area (Å²) < 4.78 is 16.2. The Kier molecular flexibility index (Phi) is 5.44. The minimum Gasteiger partial charge on any atom is -0.497 e. The number of hydrogen-bond donors (Lipinski definition) is 0. The van der Waals surface area contributed by atoms with Crippen LogP contribution in [0.1, 0.15) is 31.1 Å². The Bertz CT molecular complexity index is 772. The summed E-state index contributed by atoms with van der Waals surface area (Å²) in [5.41, 5.74) is 1.01. The fraction of sp³-hybridized carbons (Fsp3) is 0.526. The molecular weight excluding hydrogens is 334 g/mol. The lowest BCUT2D eigenvalue weighted by Crippen LogP contribution is -2.38. The summed E-state index contributed by atoms with van der Waals surface area (Å²) in [7, 11) is 3.37. The minimum atomic E-state index is -0.223. The van der Waals surface area contributed by atoms with Crippen molar-refractivity contribution in [3.8, 4) is 11.5 Å². The second-order valence-corrected chi connectivity index (χ2v) is 7.08. The Morgan fingerprint density at radius 1 is 1.42 bits per heavy atom. The van der Waals surface area contributed by atoms with Crippen molar-refractivity contribution in [2.45, 2.75) is 33.2 Å². The van der Waals surface area contributed by atoms with Gasteiger partial charge in [0.05, 0.1) is 19.6 Å². The molecule has 3 rings (SSSR count). The molecule has 1 aromatic heterocycles. The number of nitrogens with zero attached hydrogens (tertiary/aromatic N) is 3. The molecule has 0 spiro atoms. The van der Waals surface area contributed by atoms with Crippen molar-refractivity contribution in [3.05, 3.63) is 35.5 Å². The normalized spacial score (nSPS) is 16.1. The van der Waals surface area contributed by atoms with Gasteiger partial charge in [-0.25, -0.2) is 0 Å². The van der Waals surface area contributed by atoms with Crippen molar-refractivity contribution in [2.24, 2.45) is 11.8 Å². The van der Waals surface area contributed by atoms with Crippen LogP contribution in [0.4, 0.5) is 0 Å². The van der Waals surface area contributed by atoms with Gasteiger partial charge in [0.25, 0.3) is 0 Å². The number of aromatic nitrogens is 2. The Morgan fingerprint density at radius 2 is 2.23 bits per heavy atom. The second kappa shape index (κ2) is 7.76. The molecule has 1 unspecified atom stereocenters. The van der Waals surface area contributed by atoms with Crippen LogP contribution in [0.5, 0.6) is 11.5 Å². The van der Waals surface area contributed by atoms with Crippen LogP contribution in [0.2, 0.25) is 0 Å². The van der Waals surface area contributed by atoms with Crippen LogP contribution in [-0.2, 0) is 24.2 Å². The highest BCUT2D eigenvalue weighted by atomic mass is 16.5. The van der Waals surface area contributed by atoms with Crippen molar-refractivity contribution in [2.75, 3.05) is 20.8 Å². The molecule has 2 aromatic rings. The predicted molar refractivity (Wildman–Crippen MR) is 95.0 cm³/mol. The summed E-state index contributed by atoms with van der Waals surface area (Å²) in [6.07, 6.45) is 1.41. The largest absolute Gasteiger partial charge is 0.497 e. The highest BCUT2D eigenvalue weighted by Crippen LogP contribution is 2.31. The first-order valence-electron chi connectivity index (χ1n) is 8.82. The van der Waals surface area contributed by atoms with Crippen LogP contribution < -0.4 is 9.47 Å². The van der Waals surface area contributed by atoms with Crippen molar-refractivity contribution in [1.82, 2.24) is 15.0 Å². The first-order chi connectivity index (χ1) is 12.5. The van der Waals surface area contributed by atoms with E-state index < -0.39 is 0 Å². The number of benzene rings is 1. The Hall–Kier alpha value is -2.57. The zero-order valence-corrected chi connectivity index (χ0v) is 15.7. The van der Waals surface area contributed by atoms with Crippen LogP contribution in [-0.4, -0.2) is 41.7 Å². The summed E-state index contributed by atoms with van der Waals surface area (Å²) >= 11 is 0. The summed E-state index contributed by atoms with van der Waals surface area (Å²) in [5, 5.41) is 3.97. The van der Waals surface area contributed by atoms with Crippen LogP contribution in [0.3, 0.4) is 0 Å². The molecule has 7 nitrogen and oxygen atoms in total. The van der Waals surface area contributed by atoms with Gasteiger partial charge >= 0.3 is 0 Å². The van der Waals surface area contributed by atoms with E-state index in [0.717, 1.165) is 23.5 Å². The van der Waals surface area contributed by atoms with Crippen LogP contribution >= 0.6 is 0 Å². The maximum absolute atomic E-state index is 12.8. The number of fused-ring (bicyclic) bond motifs is 1. The molecular formula is C19H25N3O4. The van der Waals surface area contributed by atoms with E-state index in [-0.39, 0.29) is 11.8 Å². The Morgan fingerprint density at radius 3 is 2.96 bits per heavy atom. The van der Waals surface area contributed by atoms with E-state index in [1.807, 2.05) is 18.2 Å².